The highest BCUT2D eigenvalue weighted by molar-refractivity contribution is 6.33. The quantitative estimate of drug-likeness (QED) is 0.483. The van der Waals surface area contributed by atoms with Crippen LogP contribution >= 0.6 is 11.6 Å². The van der Waals surface area contributed by atoms with E-state index >= 15 is 0 Å². The van der Waals surface area contributed by atoms with Crippen LogP contribution in [0.4, 0.5) is 5.69 Å². The third-order valence-electron chi connectivity index (χ3n) is 4.29. The third kappa shape index (κ3) is 5.18. The highest BCUT2D eigenvalue weighted by atomic mass is 35.5. The number of nitro groups is 1. The van der Waals surface area contributed by atoms with Crippen LogP contribution in [0.5, 0.6) is 0 Å². The van der Waals surface area contributed by atoms with Crippen molar-refractivity contribution in [2.24, 2.45) is 11.8 Å². The second-order valence-electron chi connectivity index (χ2n) is 6.74. The first-order chi connectivity index (χ1) is 11.4. The van der Waals surface area contributed by atoms with Gasteiger partial charge in [0.05, 0.1) is 15.5 Å². The van der Waals surface area contributed by atoms with Crippen LogP contribution < -0.4 is 5.32 Å². The van der Waals surface area contributed by atoms with E-state index in [0.717, 1.165) is 26.1 Å². The molecule has 1 heterocycles. The molecule has 1 aliphatic rings. The maximum atomic E-state index is 12.2. The van der Waals surface area contributed by atoms with Gasteiger partial charge >= 0.3 is 0 Å². The predicted octanol–water partition coefficient (Wildman–Crippen LogP) is 3.35. The SMILES string of the molecule is C[C@H]1C[C@H](C)CN(CCCNC(=O)c2cc([N+](=O)[O-])ccc2Cl)C1. The molecule has 0 saturated carbocycles. The van der Waals surface area contributed by atoms with E-state index in [2.05, 4.69) is 24.1 Å². The van der Waals surface area contributed by atoms with Gasteiger partial charge in [-0.2, -0.15) is 0 Å². The number of piperidine rings is 1. The molecule has 2 rings (SSSR count). The van der Waals surface area contributed by atoms with Crippen LogP contribution in [-0.4, -0.2) is 41.9 Å². The summed E-state index contributed by atoms with van der Waals surface area (Å²) in [6, 6.07) is 3.88. The lowest BCUT2D eigenvalue weighted by atomic mass is 9.92. The molecule has 0 bridgehead atoms. The summed E-state index contributed by atoms with van der Waals surface area (Å²) in [5.74, 6) is 1.06. The lowest BCUT2D eigenvalue weighted by Gasteiger charge is -2.34. The third-order valence-corrected chi connectivity index (χ3v) is 4.62. The number of hydrogen-bond donors (Lipinski definition) is 1. The van der Waals surface area contributed by atoms with Crippen molar-refractivity contribution in [3.8, 4) is 0 Å². The van der Waals surface area contributed by atoms with Crippen LogP contribution in [0.3, 0.4) is 0 Å². The Balaban J connectivity index is 1.81. The van der Waals surface area contributed by atoms with Crippen molar-refractivity contribution >= 4 is 23.2 Å². The van der Waals surface area contributed by atoms with Gasteiger partial charge in [0.25, 0.3) is 11.6 Å². The van der Waals surface area contributed by atoms with Crippen LogP contribution in [0.15, 0.2) is 18.2 Å². The molecular formula is C17H24ClN3O3. The van der Waals surface area contributed by atoms with Gasteiger partial charge < -0.3 is 10.2 Å². The van der Waals surface area contributed by atoms with Crippen LogP contribution in [0.2, 0.25) is 5.02 Å². The first-order valence-electron chi connectivity index (χ1n) is 8.31. The molecule has 132 valence electrons. The molecule has 0 spiro atoms. The molecule has 0 aliphatic carbocycles. The van der Waals surface area contributed by atoms with Crippen molar-refractivity contribution in [2.45, 2.75) is 26.7 Å². The Bertz CT molecular complexity index is 599. The van der Waals surface area contributed by atoms with Gasteiger partial charge in [-0.15, -0.1) is 0 Å². The van der Waals surface area contributed by atoms with Gasteiger partial charge in [0.15, 0.2) is 0 Å². The predicted molar refractivity (Wildman–Crippen MR) is 94.4 cm³/mol. The van der Waals surface area contributed by atoms with Crippen molar-refractivity contribution in [1.29, 1.82) is 0 Å². The first kappa shape index (κ1) is 18.7. The normalized spacial score (nSPS) is 21.5. The number of amides is 1. The summed E-state index contributed by atoms with van der Waals surface area (Å²) >= 11 is 5.97. The molecule has 7 heteroatoms. The van der Waals surface area contributed by atoms with Gasteiger partial charge in [0, 0.05) is 31.8 Å². The molecule has 1 fully saturated rings. The molecule has 0 radical (unpaired) electrons. The summed E-state index contributed by atoms with van der Waals surface area (Å²) in [5, 5.41) is 13.8. The Morgan fingerprint density at radius 3 is 2.67 bits per heavy atom. The number of nitrogens with one attached hydrogen (secondary N) is 1. The van der Waals surface area contributed by atoms with Gasteiger partial charge in [-0.25, -0.2) is 0 Å². The van der Waals surface area contributed by atoms with E-state index in [-0.39, 0.29) is 22.2 Å². The fourth-order valence-corrected chi connectivity index (χ4v) is 3.58. The Hall–Kier alpha value is -1.66. The number of non-ortho nitro benzene ring substituents is 1. The molecule has 2 atom stereocenters. The topological polar surface area (TPSA) is 75.5 Å². The number of benzene rings is 1. The molecule has 6 nitrogen and oxygen atoms in total. The number of carbonyl (C=O) groups is 1. The van der Waals surface area contributed by atoms with E-state index in [1.165, 1.54) is 24.6 Å². The van der Waals surface area contributed by atoms with Gasteiger partial charge in [0.1, 0.15) is 0 Å². The zero-order valence-corrected chi connectivity index (χ0v) is 14.9. The zero-order chi connectivity index (χ0) is 17.7. The molecule has 24 heavy (non-hydrogen) atoms. The largest absolute Gasteiger partial charge is 0.352 e. The summed E-state index contributed by atoms with van der Waals surface area (Å²) in [7, 11) is 0. The molecule has 1 saturated heterocycles. The van der Waals surface area contributed by atoms with Crippen LogP contribution in [0.25, 0.3) is 0 Å². The fourth-order valence-electron chi connectivity index (χ4n) is 3.38. The number of nitro benzene ring substituents is 1. The van der Waals surface area contributed by atoms with Crippen molar-refractivity contribution in [1.82, 2.24) is 10.2 Å². The van der Waals surface area contributed by atoms with Gasteiger partial charge in [0.2, 0.25) is 0 Å². The minimum absolute atomic E-state index is 0.138. The molecule has 1 N–H and O–H groups in total. The summed E-state index contributed by atoms with van der Waals surface area (Å²) in [4.78, 5) is 24.9. The monoisotopic (exact) mass is 353 g/mol. The van der Waals surface area contributed by atoms with Gasteiger partial charge in [-0.1, -0.05) is 25.4 Å². The van der Waals surface area contributed by atoms with Gasteiger partial charge in [-0.3, -0.25) is 14.9 Å². The molecule has 1 amide bonds. The van der Waals surface area contributed by atoms with Crippen LogP contribution in [0.1, 0.15) is 37.0 Å². The van der Waals surface area contributed by atoms with E-state index in [9.17, 15) is 14.9 Å². The highest BCUT2D eigenvalue weighted by Crippen LogP contribution is 2.22. The molecule has 0 unspecified atom stereocenters. The van der Waals surface area contributed by atoms with E-state index in [1.807, 2.05) is 0 Å². The summed E-state index contributed by atoms with van der Waals surface area (Å²) in [6.45, 7) is 8.22. The van der Waals surface area contributed by atoms with E-state index in [0.29, 0.717) is 18.4 Å². The Kier molecular flexibility index (Phi) is 6.57. The van der Waals surface area contributed by atoms with Gasteiger partial charge in [-0.05, 0) is 37.3 Å². The molecule has 1 aliphatic heterocycles. The highest BCUT2D eigenvalue weighted by Gasteiger charge is 2.21. The number of hydrogen-bond acceptors (Lipinski definition) is 4. The number of likely N-dealkylation sites (tertiary alicyclic amines) is 1. The maximum absolute atomic E-state index is 12.2. The first-order valence-corrected chi connectivity index (χ1v) is 8.69. The molecule has 1 aromatic rings. The van der Waals surface area contributed by atoms with Crippen LogP contribution in [-0.2, 0) is 0 Å². The van der Waals surface area contributed by atoms with Crippen molar-refractivity contribution < 1.29 is 9.72 Å². The number of carbonyl (C=O) groups excluding carboxylic acids is 1. The van der Waals surface area contributed by atoms with Crippen molar-refractivity contribution in [3.05, 3.63) is 38.9 Å². The Labute approximate surface area is 147 Å². The van der Waals surface area contributed by atoms with E-state index in [4.69, 9.17) is 11.6 Å². The molecule has 1 aromatic carbocycles. The smallest absolute Gasteiger partial charge is 0.270 e. The lowest BCUT2D eigenvalue weighted by Crippen LogP contribution is -2.40. The number of nitrogens with zero attached hydrogens (tertiary/aromatic N) is 2. The number of rotatable bonds is 6. The average Bonchev–Trinajstić information content (AvgIpc) is 2.50. The Morgan fingerprint density at radius 2 is 2.04 bits per heavy atom. The second kappa shape index (κ2) is 8.44. The minimum atomic E-state index is -0.536. The number of halogens is 1. The summed E-state index contributed by atoms with van der Waals surface area (Å²) < 4.78 is 0. The van der Waals surface area contributed by atoms with Crippen molar-refractivity contribution in [2.75, 3.05) is 26.2 Å². The fraction of sp³-hybridized carbons (Fsp3) is 0.588. The summed E-state index contributed by atoms with van der Waals surface area (Å²) in [5.41, 5.74) is 0.00641. The summed E-state index contributed by atoms with van der Waals surface area (Å²) in [6.07, 6.45) is 2.12. The standard InChI is InChI=1S/C17H24ClN3O3/c1-12-8-13(2)11-20(10-12)7-3-6-19-17(22)15-9-14(21(23)24)4-5-16(15)18/h4-5,9,12-13H,3,6-8,10-11H2,1-2H3,(H,19,22)/t12-,13-/m0/s1. The average molecular weight is 354 g/mol. The lowest BCUT2D eigenvalue weighted by molar-refractivity contribution is -0.384. The second-order valence-corrected chi connectivity index (χ2v) is 7.14. The Morgan fingerprint density at radius 1 is 1.38 bits per heavy atom. The van der Waals surface area contributed by atoms with E-state index in [1.54, 1.807) is 0 Å². The minimum Gasteiger partial charge on any atom is -0.352 e. The molecule has 0 aromatic heterocycles. The zero-order valence-electron chi connectivity index (χ0n) is 14.1. The van der Waals surface area contributed by atoms with Crippen LogP contribution in [0, 0.1) is 22.0 Å². The maximum Gasteiger partial charge on any atom is 0.270 e. The van der Waals surface area contributed by atoms with E-state index < -0.39 is 4.92 Å². The molecular weight excluding hydrogens is 330 g/mol. The van der Waals surface area contributed by atoms with Crippen molar-refractivity contribution in [3.63, 3.8) is 0 Å².